The second-order valence-electron chi connectivity index (χ2n) is 4.22. The fourth-order valence-electron chi connectivity index (χ4n) is 2.01. The van der Waals surface area contributed by atoms with Crippen LogP contribution in [-0.2, 0) is 13.1 Å². The second-order valence-corrected chi connectivity index (χ2v) is 5.13. The third-order valence-electron chi connectivity index (χ3n) is 2.96. The van der Waals surface area contributed by atoms with Gasteiger partial charge in [0.05, 0.1) is 0 Å². The number of hydrogen-bond donors (Lipinski definition) is 1. The minimum Gasteiger partial charge on any atom is -0.309 e. The van der Waals surface area contributed by atoms with Crippen LogP contribution in [0.2, 0.25) is 0 Å². The van der Waals surface area contributed by atoms with Crippen LogP contribution in [0.4, 0.5) is 0 Å². The average Bonchev–Trinajstić information content (AvgIpc) is 2.84. The molecular formula is C15H14N2S. The topological polar surface area (TPSA) is 24.9 Å². The van der Waals surface area contributed by atoms with Gasteiger partial charge in [-0.25, -0.2) is 0 Å². The molecule has 3 aromatic rings. The molecule has 0 radical (unpaired) electrons. The molecule has 0 aliphatic rings. The van der Waals surface area contributed by atoms with Crippen molar-refractivity contribution in [2.75, 3.05) is 0 Å². The quantitative estimate of drug-likeness (QED) is 0.769. The standard InChI is InChI=1S/C15H14N2S/c1-2-4-15-14(3-1)13(11-18-15)10-17-9-12-5-7-16-8-6-12/h1-8,11,17H,9-10H2. The summed E-state index contributed by atoms with van der Waals surface area (Å²) in [6.07, 6.45) is 3.66. The van der Waals surface area contributed by atoms with Crippen molar-refractivity contribution in [3.63, 3.8) is 0 Å². The van der Waals surface area contributed by atoms with E-state index in [4.69, 9.17) is 0 Å². The Hall–Kier alpha value is -1.71. The van der Waals surface area contributed by atoms with Crippen molar-refractivity contribution in [3.8, 4) is 0 Å². The van der Waals surface area contributed by atoms with E-state index < -0.39 is 0 Å². The normalized spacial score (nSPS) is 10.9. The number of pyridine rings is 1. The van der Waals surface area contributed by atoms with E-state index in [-0.39, 0.29) is 0 Å². The first-order chi connectivity index (χ1) is 8.93. The van der Waals surface area contributed by atoms with Gasteiger partial charge in [0.15, 0.2) is 0 Å². The van der Waals surface area contributed by atoms with E-state index in [0.29, 0.717) is 0 Å². The van der Waals surface area contributed by atoms with E-state index >= 15 is 0 Å². The molecule has 18 heavy (non-hydrogen) atoms. The number of thiophene rings is 1. The molecule has 0 unspecified atom stereocenters. The minimum atomic E-state index is 0.882. The first-order valence-electron chi connectivity index (χ1n) is 5.98. The molecule has 0 saturated heterocycles. The fraction of sp³-hybridized carbons (Fsp3) is 0.133. The number of nitrogens with one attached hydrogen (secondary N) is 1. The van der Waals surface area contributed by atoms with Crippen LogP contribution < -0.4 is 5.32 Å². The van der Waals surface area contributed by atoms with Gasteiger partial charge >= 0.3 is 0 Å². The molecule has 90 valence electrons. The molecule has 0 atom stereocenters. The number of fused-ring (bicyclic) bond motifs is 1. The Morgan fingerprint density at radius 1 is 1.00 bits per heavy atom. The Morgan fingerprint density at radius 2 is 1.83 bits per heavy atom. The van der Waals surface area contributed by atoms with Crippen molar-refractivity contribution in [3.05, 3.63) is 65.3 Å². The predicted octanol–water partition coefficient (Wildman–Crippen LogP) is 3.59. The molecule has 0 saturated carbocycles. The average molecular weight is 254 g/mol. The van der Waals surface area contributed by atoms with Gasteiger partial charge in [-0.3, -0.25) is 4.98 Å². The summed E-state index contributed by atoms with van der Waals surface area (Å²) < 4.78 is 1.36. The number of rotatable bonds is 4. The van der Waals surface area contributed by atoms with Crippen molar-refractivity contribution < 1.29 is 0 Å². The summed E-state index contributed by atoms with van der Waals surface area (Å²) in [6.45, 7) is 1.79. The lowest BCUT2D eigenvalue weighted by molar-refractivity contribution is 0.697. The first kappa shape index (κ1) is 11.4. The molecule has 2 heterocycles. The van der Waals surface area contributed by atoms with E-state index in [2.05, 4.69) is 39.9 Å². The van der Waals surface area contributed by atoms with Crippen LogP contribution in [0.25, 0.3) is 10.1 Å². The van der Waals surface area contributed by atoms with Crippen LogP contribution in [0.1, 0.15) is 11.1 Å². The van der Waals surface area contributed by atoms with E-state index in [9.17, 15) is 0 Å². The number of nitrogens with zero attached hydrogens (tertiary/aromatic N) is 1. The van der Waals surface area contributed by atoms with E-state index in [1.54, 1.807) is 0 Å². The predicted molar refractivity (Wildman–Crippen MR) is 76.6 cm³/mol. The Labute approximate surface area is 110 Å². The zero-order chi connectivity index (χ0) is 12.2. The SMILES string of the molecule is c1ccc2c(CNCc3ccncc3)csc2c1. The maximum absolute atomic E-state index is 4.02. The largest absolute Gasteiger partial charge is 0.309 e. The third-order valence-corrected chi connectivity index (χ3v) is 3.97. The van der Waals surface area contributed by atoms with Crippen LogP contribution in [0.3, 0.4) is 0 Å². The summed E-state index contributed by atoms with van der Waals surface area (Å²) in [5.41, 5.74) is 2.65. The fourth-order valence-corrected chi connectivity index (χ4v) is 2.97. The maximum atomic E-state index is 4.02. The molecule has 3 rings (SSSR count). The van der Waals surface area contributed by atoms with Crippen LogP contribution in [0.15, 0.2) is 54.2 Å². The van der Waals surface area contributed by atoms with Gasteiger partial charge in [-0.15, -0.1) is 11.3 Å². The van der Waals surface area contributed by atoms with E-state index in [1.165, 1.54) is 21.2 Å². The zero-order valence-corrected chi connectivity index (χ0v) is 10.8. The monoisotopic (exact) mass is 254 g/mol. The minimum absolute atomic E-state index is 0.882. The molecule has 1 N–H and O–H groups in total. The molecule has 0 aliphatic carbocycles. The molecule has 0 spiro atoms. The van der Waals surface area contributed by atoms with Crippen molar-refractivity contribution in [2.45, 2.75) is 13.1 Å². The van der Waals surface area contributed by atoms with Gasteiger partial charge in [0.2, 0.25) is 0 Å². The third kappa shape index (κ3) is 2.42. The zero-order valence-electron chi connectivity index (χ0n) is 9.97. The molecule has 0 amide bonds. The van der Waals surface area contributed by atoms with Crippen LogP contribution in [0.5, 0.6) is 0 Å². The number of hydrogen-bond acceptors (Lipinski definition) is 3. The molecule has 2 aromatic heterocycles. The van der Waals surface area contributed by atoms with Gasteiger partial charge in [-0.1, -0.05) is 18.2 Å². The smallest absolute Gasteiger partial charge is 0.0346 e. The highest BCUT2D eigenvalue weighted by Crippen LogP contribution is 2.25. The van der Waals surface area contributed by atoms with Crippen molar-refractivity contribution in [1.82, 2.24) is 10.3 Å². The van der Waals surface area contributed by atoms with Gasteiger partial charge < -0.3 is 5.32 Å². The summed E-state index contributed by atoms with van der Waals surface area (Å²) in [6, 6.07) is 12.6. The van der Waals surface area contributed by atoms with E-state index in [1.807, 2.05) is 35.9 Å². The second kappa shape index (κ2) is 5.29. The summed E-state index contributed by atoms with van der Waals surface area (Å²) in [4.78, 5) is 4.02. The highest BCUT2D eigenvalue weighted by Gasteiger charge is 2.02. The van der Waals surface area contributed by atoms with Crippen LogP contribution >= 0.6 is 11.3 Å². The molecule has 0 aliphatic heterocycles. The summed E-state index contributed by atoms with van der Waals surface area (Å²) in [5, 5.41) is 7.08. The van der Waals surface area contributed by atoms with Gasteiger partial charge in [0, 0.05) is 30.2 Å². The summed E-state index contributed by atoms with van der Waals surface area (Å²) in [7, 11) is 0. The van der Waals surface area contributed by atoms with Gasteiger partial charge in [-0.05, 0) is 40.1 Å². The summed E-state index contributed by atoms with van der Waals surface area (Å²) >= 11 is 1.81. The van der Waals surface area contributed by atoms with Gasteiger partial charge in [-0.2, -0.15) is 0 Å². The Balaban J connectivity index is 1.67. The van der Waals surface area contributed by atoms with Crippen molar-refractivity contribution in [2.24, 2.45) is 0 Å². The number of benzene rings is 1. The van der Waals surface area contributed by atoms with Gasteiger partial charge in [0.1, 0.15) is 0 Å². The van der Waals surface area contributed by atoms with Crippen molar-refractivity contribution in [1.29, 1.82) is 0 Å². The highest BCUT2D eigenvalue weighted by molar-refractivity contribution is 7.17. The lowest BCUT2D eigenvalue weighted by Crippen LogP contribution is -2.12. The first-order valence-corrected chi connectivity index (χ1v) is 6.86. The van der Waals surface area contributed by atoms with Crippen LogP contribution in [-0.4, -0.2) is 4.98 Å². The van der Waals surface area contributed by atoms with Crippen LogP contribution in [0, 0.1) is 0 Å². The molecule has 0 fully saturated rings. The molecule has 1 aromatic carbocycles. The Bertz CT molecular complexity index is 631. The van der Waals surface area contributed by atoms with E-state index in [0.717, 1.165) is 13.1 Å². The Kier molecular flexibility index (Phi) is 3.35. The Morgan fingerprint density at radius 3 is 2.72 bits per heavy atom. The maximum Gasteiger partial charge on any atom is 0.0346 e. The van der Waals surface area contributed by atoms with Crippen molar-refractivity contribution >= 4 is 21.4 Å². The molecule has 3 heteroatoms. The number of aromatic nitrogens is 1. The van der Waals surface area contributed by atoms with Gasteiger partial charge in [0.25, 0.3) is 0 Å². The molecule has 2 nitrogen and oxygen atoms in total. The highest BCUT2D eigenvalue weighted by atomic mass is 32.1. The lowest BCUT2D eigenvalue weighted by atomic mass is 10.2. The lowest BCUT2D eigenvalue weighted by Gasteiger charge is -2.03. The molecule has 0 bridgehead atoms. The summed E-state index contributed by atoms with van der Waals surface area (Å²) in [5.74, 6) is 0. The molecular weight excluding hydrogens is 240 g/mol.